The van der Waals surface area contributed by atoms with Crippen LogP contribution < -0.4 is 5.73 Å². The smallest absolute Gasteiger partial charge is 0.303 e. The van der Waals surface area contributed by atoms with Crippen LogP contribution in [0.2, 0.25) is 0 Å². The molecule has 0 radical (unpaired) electrons. The van der Waals surface area contributed by atoms with Crippen molar-refractivity contribution in [1.29, 1.82) is 0 Å². The average Bonchev–Trinajstić information content (AvgIpc) is 2.62. The summed E-state index contributed by atoms with van der Waals surface area (Å²) in [7, 11) is 0. The zero-order chi connectivity index (χ0) is 19.5. The number of aliphatic carboxylic acids is 1. The molecule has 0 amide bonds. The monoisotopic (exact) mass is 367 g/mol. The maximum absolute atomic E-state index is 11.8. The number of nitrogens with two attached hydrogens (primary N) is 1. The van der Waals surface area contributed by atoms with Gasteiger partial charge in [0.1, 0.15) is 5.78 Å². The SMILES string of the molecule is CCCCCCCC/C=C\CCCCCCCC(=O)C(N)CCC(=O)O. The first-order valence-corrected chi connectivity index (χ1v) is 10.7. The van der Waals surface area contributed by atoms with Crippen LogP contribution in [-0.2, 0) is 9.59 Å². The predicted octanol–water partition coefficient (Wildman–Crippen LogP) is 5.79. The molecule has 0 aliphatic rings. The van der Waals surface area contributed by atoms with Crippen molar-refractivity contribution >= 4 is 11.8 Å². The largest absolute Gasteiger partial charge is 0.481 e. The van der Waals surface area contributed by atoms with Gasteiger partial charge in [-0.3, -0.25) is 9.59 Å². The highest BCUT2D eigenvalue weighted by atomic mass is 16.4. The van der Waals surface area contributed by atoms with E-state index in [4.69, 9.17) is 10.8 Å². The second-order valence-electron chi connectivity index (χ2n) is 7.34. The summed E-state index contributed by atoms with van der Waals surface area (Å²) in [6, 6.07) is -0.608. The minimum Gasteiger partial charge on any atom is -0.481 e. The number of carbonyl (C=O) groups is 2. The summed E-state index contributed by atoms with van der Waals surface area (Å²) in [6.07, 6.45) is 21.4. The van der Waals surface area contributed by atoms with Gasteiger partial charge in [-0.1, -0.05) is 70.4 Å². The number of hydrogen-bond donors (Lipinski definition) is 2. The average molecular weight is 368 g/mol. The molecule has 4 heteroatoms. The number of carboxylic acids is 1. The first-order valence-electron chi connectivity index (χ1n) is 10.7. The number of rotatable bonds is 19. The quantitative estimate of drug-likeness (QED) is 0.224. The molecule has 3 N–H and O–H groups in total. The van der Waals surface area contributed by atoms with Crippen molar-refractivity contribution in [3.05, 3.63) is 12.2 Å². The Morgan fingerprint density at radius 2 is 1.31 bits per heavy atom. The fourth-order valence-electron chi connectivity index (χ4n) is 3.00. The molecule has 0 bridgehead atoms. The summed E-state index contributed by atoms with van der Waals surface area (Å²) in [5.41, 5.74) is 5.71. The van der Waals surface area contributed by atoms with Crippen LogP contribution in [-0.4, -0.2) is 22.9 Å². The number of ketones is 1. The van der Waals surface area contributed by atoms with Crippen LogP contribution in [0.4, 0.5) is 0 Å². The lowest BCUT2D eigenvalue weighted by atomic mass is 10.0. The van der Waals surface area contributed by atoms with Crippen molar-refractivity contribution < 1.29 is 14.7 Å². The molecule has 0 aromatic carbocycles. The van der Waals surface area contributed by atoms with Crippen LogP contribution in [0.5, 0.6) is 0 Å². The fraction of sp³-hybridized carbons (Fsp3) is 0.818. The molecule has 0 spiro atoms. The lowest BCUT2D eigenvalue weighted by Crippen LogP contribution is -2.30. The number of allylic oxidation sites excluding steroid dienone is 2. The van der Waals surface area contributed by atoms with Crippen molar-refractivity contribution in [2.45, 2.75) is 116 Å². The van der Waals surface area contributed by atoms with Gasteiger partial charge in [-0.15, -0.1) is 0 Å². The van der Waals surface area contributed by atoms with E-state index in [9.17, 15) is 9.59 Å². The van der Waals surface area contributed by atoms with Gasteiger partial charge in [-0.25, -0.2) is 0 Å². The Morgan fingerprint density at radius 3 is 1.85 bits per heavy atom. The summed E-state index contributed by atoms with van der Waals surface area (Å²) in [5, 5.41) is 8.59. The Bertz CT molecular complexity index is 380. The summed E-state index contributed by atoms with van der Waals surface area (Å²) in [6.45, 7) is 2.25. The van der Waals surface area contributed by atoms with E-state index >= 15 is 0 Å². The van der Waals surface area contributed by atoms with E-state index in [1.54, 1.807) is 0 Å². The molecule has 4 nitrogen and oxygen atoms in total. The second-order valence-corrected chi connectivity index (χ2v) is 7.34. The van der Waals surface area contributed by atoms with E-state index < -0.39 is 12.0 Å². The van der Waals surface area contributed by atoms with Crippen LogP contribution in [0.15, 0.2) is 12.2 Å². The highest BCUT2D eigenvalue weighted by Crippen LogP contribution is 2.11. The van der Waals surface area contributed by atoms with Gasteiger partial charge in [-0.2, -0.15) is 0 Å². The molecular weight excluding hydrogens is 326 g/mol. The van der Waals surface area contributed by atoms with Crippen molar-refractivity contribution in [2.75, 3.05) is 0 Å². The van der Waals surface area contributed by atoms with Gasteiger partial charge < -0.3 is 10.8 Å². The summed E-state index contributed by atoms with van der Waals surface area (Å²) >= 11 is 0. The minimum atomic E-state index is -0.894. The van der Waals surface area contributed by atoms with Gasteiger partial charge in [0.05, 0.1) is 6.04 Å². The minimum absolute atomic E-state index is 0.00359. The van der Waals surface area contributed by atoms with Gasteiger partial charge in [0, 0.05) is 12.8 Å². The van der Waals surface area contributed by atoms with Crippen LogP contribution in [0.1, 0.15) is 110 Å². The molecule has 26 heavy (non-hydrogen) atoms. The summed E-state index contributed by atoms with van der Waals surface area (Å²) < 4.78 is 0. The molecule has 0 aromatic rings. The number of carboxylic acid groups (broad SMARTS) is 1. The fourth-order valence-corrected chi connectivity index (χ4v) is 3.00. The van der Waals surface area contributed by atoms with Crippen molar-refractivity contribution in [3.63, 3.8) is 0 Å². The Kier molecular flexibility index (Phi) is 17.8. The van der Waals surface area contributed by atoms with E-state index in [-0.39, 0.29) is 18.6 Å². The number of hydrogen-bond acceptors (Lipinski definition) is 3. The van der Waals surface area contributed by atoms with Crippen molar-refractivity contribution in [2.24, 2.45) is 5.73 Å². The van der Waals surface area contributed by atoms with E-state index in [0.29, 0.717) is 6.42 Å². The third-order valence-corrected chi connectivity index (χ3v) is 4.77. The van der Waals surface area contributed by atoms with Crippen LogP contribution >= 0.6 is 0 Å². The number of carbonyl (C=O) groups excluding carboxylic acids is 1. The molecule has 1 atom stereocenters. The zero-order valence-electron chi connectivity index (χ0n) is 16.9. The van der Waals surface area contributed by atoms with E-state index in [1.165, 1.54) is 57.8 Å². The molecule has 0 heterocycles. The lowest BCUT2D eigenvalue weighted by Gasteiger charge is -2.08. The van der Waals surface area contributed by atoms with Crippen LogP contribution in [0.3, 0.4) is 0 Å². The molecule has 152 valence electrons. The van der Waals surface area contributed by atoms with Crippen LogP contribution in [0.25, 0.3) is 0 Å². The predicted molar refractivity (Wildman–Crippen MR) is 109 cm³/mol. The maximum atomic E-state index is 11.8. The Hall–Kier alpha value is -1.16. The van der Waals surface area contributed by atoms with Gasteiger partial charge in [0.15, 0.2) is 0 Å². The molecule has 0 saturated carbocycles. The molecule has 0 aliphatic heterocycles. The maximum Gasteiger partial charge on any atom is 0.303 e. The van der Waals surface area contributed by atoms with E-state index in [2.05, 4.69) is 19.1 Å². The topological polar surface area (TPSA) is 80.4 Å². The second kappa shape index (κ2) is 18.6. The highest BCUT2D eigenvalue weighted by Gasteiger charge is 2.14. The molecule has 0 fully saturated rings. The normalized spacial score (nSPS) is 12.5. The number of Topliss-reactive ketones (excluding diaryl/α,β-unsaturated/α-hetero) is 1. The highest BCUT2D eigenvalue weighted by molar-refractivity contribution is 5.84. The Morgan fingerprint density at radius 1 is 0.808 bits per heavy atom. The lowest BCUT2D eigenvalue weighted by molar-refractivity contribution is -0.137. The summed E-state index contributed by atoms with van der Waals surface area (Å²) in [5.74, 6) is -0.891. The van der Waals surface area contributed by atoms with Crippen molar-refractivity contribution in [3.8, 4) is 0 Å². The van der Waals surface area contributed by atoms with Crippen LogP contribution in [0, 0.1) is 0 Å². The number of unbranched alkanes of at least 4 members (excludes halogenated alkanes) is 11. The molecule has 0 saturated heterocycles. The third-order valence-electron chi connectivity index (χ3n) is 4.77. The molecule has 0 aromatic heterocycles. The first-order chi connectivity index (χ1) is 12.6. The third kappa shape index (κ3) is 17.7. The Labute approximate surface area is 160 Å². The molecule has 1 unspecified atom stereocenters. The van der Waals surface area contributed by atoms with Gasteiger partial charge in [0.2, 0.25) is 0 Å². The van der Waals surface area contributed by atoms with E-state index in [0.717, 1.165) is 25.7 Å². The molecule has 0 aliphatic carbocycles. The zero-order valence-corrected chi connectivity index (χ0v) is 16.9. The van der Waals surface area contributed by atoms with Gasteiger partial charge >= 0.3 is 5.97 Å². The summed E-state index contributed by atoms with van der Waals surface area (Å²) in [4.78, 5) is 22.2. The molecular formula is C22H41NO3. The van der Waals surface area contributed by atoms with Gasteiger partial charge in [-0.05, 0) is 38.5 Å². The standard InChI is InChI=1S/C22H41NO3/c1-2-3-4-5-6-7-8-9-10-11-12-13-14-15-16-17-21(24)20(23)18-19-22(25)26/h9-10,20H,2-8,11-19,23H2,1H3,(H,25,26)/b10-9-. The first kappa shape index (κ1) is 24.8. The molecule has 0 rings (SSSR count). The van der Waals surface area contributed by atoms with E-state index in [1.807, 2.05) is 0 Å². The Balaban J connectivity index is 3.33. The van der Waals surface area contributed by atoms with Gasteiger partial charge in [0.25, 0.3) is 0 Å². The van der Waals surface area contributed by atoms with Crippen molar-refractivity contribution in [1.82, 2.24) is 0 Å².